The molecule has 0 spiro atoms. The minimum absolute atomic E-state index is 0. The largest absolute Gasteiger partial charge is 1.00 e. The average molecular weight is 370 g/mol. The second kappa shape index (κ2) is 13.6. The molecule has 0 fully saturated rings. The zero-order chi connectivity index (χ0) is 17.0. The van der Waals surface area contributed by atoms with Crippen LogP contribution in [0.25, 0.3) is 0 Å². The van der Waals surface area contributed by atoms with Crippen LogP contribution in [0.1, 0.15) is 64.9 Å². The van der Waals surface area contributed by atoms with Crippen LogP contribution in [-0.2, 0) is 0 Å². The van der Waals surface area contributed by atoms with E-state index in [0.29, 0.717) is 0 Å². The normalized spacial score (nSPS) is 10.7. The second-order valence-electron chi connectivity index (χ2n) is 6.39. The topological polar surface area (TPSA) is 0 Å². The lowest BCUT2D eigenvalue weighted by Crippen LogP contribution is -3.00. The minimum Gasteiger partial charge on any atom is -1.00 e. The van der Waals surface area contributed by atoms with E-state index in [4.69, 9.17) is 11.6 Å². The van der Waals surface area contributed by atoms with E-state index >= 15 is 0 Å². The fourth-order valence-corrected chi connectivity index (χ4v) is 3.14. The zero-order valence-corrected chi connectivity index (χ0v) is 17.1. The van der Waals surface area contributed by atoms with Crippen LogP contribution in [-0.4, -0.2) is 30.7 Å². The SMILES string of the molecule is CCCCCCC[N+](CC)(CC)CCC#Cc1ccc(Cl)cc1.[Cl-]. The standard InChI is InChI=1S/C21H33ClN.ClH/c1-4-7-8-9-11-18-23(5-2,6-3)19-12-10-13-20-14-16-21(22)17-15-20;/h14-17H,4-9,11-12,18-19H2,1-3H3;1H/q+1;/p-1. The number of hydrogen-bond acceptors (Lipinski definition) is 0. The molecule has 24 heavy (non-hydrogen) atoms. The van der Waals surface area contributed by atoms with Crippen LogP contribution in [0, 0.1) is 11.8 Å². The van der Waals surface area contributed by atoms with Gasteiger partial charge in [-0.2, -0.15) is 0 Å². The molecule has 0 saturated carbocycles. The maximum atomic E-state index is 5.90. The lowest BCUT2D eigenvalue weighted by Gasteiger charge is -2.36. The van der Waals surface area contributed by atoms with Gasteiger partial charge in [0.1, 0.15) is 0 Å². The van der Waals surface area contributed by atoms with Crippen molar-refractivity contribution in [1.82, 2.24) is 0 Å². The van der Waals surface area contributed by atoms with Gasteiger partial charge in [0.25, 0.3) is 0 Å². The van der Waals surface area contributed by atoms with Gasteiger partial charge in [-0.1, -0.05) is 49.6 Å². The molecule has 1 rings (SSSR count). The number of unbranched alkanes of at least 4 members (excludes halogenated alkanes) is 4. The van der Waals surface area contributed by atoms with Gasteiger partial charge in [0.15, 0.2) is 0 Å². The number of hydrogen-bond donors (Lipinski definition) is 0. The summed E-state index contributed by atoms with van der Waals surface area (Å²) in [5.74, 6) is 6.61. The molecule has 0 bridgehead atoms. The quantitative estimate of drug-likeness (QED) is 0.338. The van der Waals surface area contributed by atoms with Crippen molar-refractivity contribution >= 4 is 11.6 Å². The van der Waals surface area contributed by atoms with Gasteiger partial charge in [0.2, 0.25) is 0 Å². The zero-order valence-electron chi connectivity index (χ0n) is 15.6. The summed E-state index contributed by atoms with van der Waals surface area (Å²) in [5, 5.41) is 0.770. The molecule has 0 aliphatic carbocycles. The molecule has 1 aromatic carbocycles. The highest BCUT2D eigenvalue weighted by atomic mass is 35.5. The Kier molecular flexibility index (Phi) is 13.2. The Hall–Kier alpha value is -0.680. The molecule has 0 saturated heterocycles. The smallest absolute Gasteiger partial charge is 0.0897 e. The van der Waals surface area contributed by atoms with Gasteiger partial charge in [-0.15, -0.1) is 0 Å². The van der Waals surface area contributed by atoms with E-state index in [0.717, 1.165) is 17.0 Å². The van der Waals surface area contributed by atoms with Gasteiger partial charge < -0.3 is 16.9 Å². The fourth-order valence-electron chi connectivity index (χ4n) is 3.01. The van der Waals surface area contributed by atoms with E-state index in [1.807, 2.05) is 24.3 Å². The summed E-state index contributed by atoms with van der Waals surface area (Å²) in [7, 11) is 0. The first-order chi connectivity index (χ1) is 11.2. The van der Waals surface area contributed by atoms with Crippen molar-refractivity contribution in [3.05, 3.63) is 34.9 Å². The van der Waals surface area contributed by atoms with E-state index in [2.05, 4.69) is 32.6 Å². The van der Waals surface area contributed by atoms with Crippen molar-refractivity contribution < 1.29 is 16.9 Å². The van der Waals surface area contributed by atoms with Crippen LogP contribution in [0.2, 0.25) is 5.02 Å². The number of benzene rings is 1. The highest BCUT2D eigenvalue weighted by Crippen LogP contribution is 2.13. The third-order valence-corrected chi connectivity index (χ3v) is 5.12. The number of quaternary nitrogens is 1. The van der Waals surface area contributed by atoms with Crippen LogP contribution in [0.4, 0.5) is 0 Å². The average Bonchev–Trinajstić information content (AvgIpc) is 2.58. The van der Waals surface area contributed by atoms with Gasteiger partial charge in [-0.3, -0.25) is 0 Å². The predicted molar refractivity (Wildman–Crippen MR) is 103 cm³/mol. The maximum absolute atomic E-state index is 5.90. The lowest BCUT2D eigenvalue weighted by molar-refractivity contribution is -0.924. The highest BCUT2D eigenvalue weighted by Gasteiger charge is 2.21. The monoisotopic (exact) mass is 369 g/mol. The number of halogens is 2. The van der Waals surface area contributed by atoms with Crippen molar-refractivity contribution in [2.45, 2.75) is 59.3 Å². The maximum Gasteiger partial charge on any atom is 0.0897 e. The molecule has 0 atom stereocenters. The summed E-state index contributed by atoms with van der Waals surface area (Å²) >= 11 is 5.90. The van der Waals surface area contributed by atoms with E-state index < -0.39 is 0 Å². The molecule has 3 heteroatoms. The van der Waals surface area contributed by atoms with Crippen LogP contribution in [0.15, 0.2) is 24.3 Å². The summed E-state index contributed by atoms with van der Waals surface area (Å²) in [4.78, 5) is 0. The summed E-state index contributed by atoms with van der Waals surface area (Å²) in [6.07, 6.45) is 7.79. The van der Waals surface area contributed by atoms with Crippen LogP contribution >= 0.6 is 11.6 Å². The summed E-state index contributed by atoms with van der Waals surface area (Å²) in [6.45, 7) is 11.8. The van der Waals surface area contributed by atoms with Gasteiger partial charge in [0.05, 0.1) is 32.6 Å². The first-order valence-electron chi connectivity index (χ1n) is 9.25. The van der Waals surface area contributed by atoms with Crippen LogP contribution < -0.4 is 12.4 Å². The molecular formula is C21H33Cl2N. The van der Waals surface area contributed by atoms with Gasteiger partial charge in [-0.25, -0.2) is 0 Å². The van der Waals surface area contributed by atoms with E-state index in [1.54, 1.807) is 0 Å². The third-order valence-electron chi connectivity index (χ3n) is 4.87. The van der Waals surface area contributed by atoms with Crippen molar-refractivity contribution in [1.29, 1.82) is 0 Å². The lowest BCUT2D eigenvalue weighted by atomic mass is 10.1. The summed E-state index contributed by atoms with van der Waals surface area (Å²) in [5.41, 5.74) is 1.06. The van der Waals surface area contributed by atoms with E-state index in [-0.39, 0.29) is 12.4 Å². The Bertz CT molecular complexity index is 481. The molecular weight excluding hydrogens is 337 g/mol. The molecule has 0 unspecified atom stereocenters. The Labute approximate surface area is 160 Å². The van der Waals surface area contributed by atoms with Gasteiger partial charge in [0, 0.05) is 10.6 Å². The summed E-state index contributed by atoms with van der Waals surface area (Å²) < 4.78 is 1.21. The molecule has 0 aromatic heterocycles. The third kappa shape index (κ3) is 8.97. The van der Waals surface area contributed by atoms with Crippen molar-refractivity contribution in [2.24, 2.45) is 0 Å². The molecule has 136 valence electrons. The number of nitrogens with zero attached hydrogens (tertiary/aromatic N) is 1. The molecule has 0 heterocycles. The van der Waals surface area contributed by atoms with Crippen molar-refractivity contribution in [3.8, 4) is 11.8 Å². The molecule has 1 aromatic rings. The Morgan fingerprint density at radius 2 is 1.50 bits per heavy atom. The fraction of sp³-hybridized carbons (Fsp3) is 0.619. The van der Waals surface area contributed by atoms with Crippen LogP contribution in [0.3, 0.4) is 0 Å². The van der Waals surface area contributed by atoms with Gasteiger partial charge >= 0.3 is 0 Å². The Balaban J connectivity index is 0.00000529. The molecule has 1 nitrogen and oxygen atoms in total. The molecule has 0 radical (unpaired) electrons. The highest BCUT2D eigenvalue weighted by molar-refractivity contribution is 6.30. The minimum atomic E-state index is 0. The molecule has 0 amide bonds. The second-order valence-corrected chi connectivity index (χ2v) is 6.83. The van der Waals surface area contributed by atoms with Gasteiger partial charge in [-0.05, 0) is 51.0 Å². The van der Waals surface area contributed by atoms with Crippen molar-refractivity contribution in [2.75, 3.05) is 26.2 Å². The number of rotatable bonds is 10. The molecule has 0 aliphatic rings. The Morgan fingerprint density at radius 3 is 2.08 bits per heavy atom. The first kappa shape index (κ1) is 23.3. The van der Waals surface area contributed by atoms with E-state index in [9.17, 15) is 0 Å². The first-order valence-corrected chi connectivity index (χ1v) is 9.63. The predicted octanol–water partition coefficient (Wildman–Crippen LogP) is 2.91. The molecule has 0 aliphatic heterocycles. The van der Waals surface area contributed by atoms with Crippen molar-refractivity contribution in [3.63, 3.8) is 0 Å². The van der Waals surface area contributed by atoms with E-state index in [1.165, 1.54) is 62.8 Å². The Morgan fingerprint density at radius 1 is 0.875 bits per heavy atom. The van der Waals surface area contributed by atoms with Crippen LogP contribution in [0.5, 0.6) is 0 Å². The molecule has 0 N–H and O–H groups in total. The summed E-state index contributed by atoms with van der Waals surface area (Å²) in [6, 6.07) is 7.79.